The topological polar surface area (TPSA) is 127 Å². The van der Waals surface area contributed by atoms with Gasteiger partial charge in [0.05, 0.1) is 17.9 Å². The fraction of sp³-hybridized carbons (Fsp3) is 0.500. The van der Waals surface area contributed by atoms with E-state index in [4.69, 9.17) is 4.74 Å². The lowest BCUT2D eigenvalue weighted by Crippen LogP contribution is -2.36. The smallest absolute Gasteiger partial charge is 0.320 e. The number of hydrogen-bond acceptors (Lipinski definition) is 8. The van der Waals surface area contributed by atoms with E-state index >= 15 is 0 Å². The highest BCUT2D eigenvalue weighted by molar-refractivity contribution is 5.94. The van der Waals surface area contributed by atoms with Gasteiger partial charge in [-0.25, -0.2) is 14.8 Å². The molecule has 4 aromatic rings. The van der Waals surface area contributed by atoms with Crippen molar-refractivity contribution in [2.45, 2.75) is 96.6 Å². The van der Waals surface area contributed by atoms with Crippen molar-refractivity contribution in [2.75, 3.05) is 26.0 Å². The molecule has 0 bridgehead atoms. The van der Waals surface area contributed by atoms with Crippen molar-refractivity contribution in [3.63, 3.8) is 0 Å². The molecule has 0 radical (unpaired) electrons. The second-order valence-electron chi connectivity index (χ2n) is 14.7. The molecule has 47 heavy (non-hydrogen) atoms. The van der Waals surface area contributed by atoms with Gasteiger partial charge >= 0.3 is 6.03 Å². The molecule has 1 aliphatic carbocycles. The summed E-state index contributed by atoms with van der Waals surface area (Å²) in [5.74, 6) is 1.92. The summed E-state index contributed by atoms with van der Waals surface area (Å²) < 4.78 is 8.53. The van der Waals surface area contributed by atoms with Crippen molar-refractivity contribution in [3.8, 4) is 5.75 Å². The van der Waals surface area contributed by atoms with Crippen molar-refractivity contribution in [2.24, 2.45) is 0 Å². The number of benzene rings is 1. The third kappa shape index (κ3) is 8.32. The Morgan fingerprint density at radius 2 is 1.68 bits per heavy atom. The summed E-state index contributed by atoms with van der Waals surface area (Å²) in [6.07, 6.45) is 5.19. The molecule has 5 rings (SSSR count). The Bertz CT molecular complexity index is 1730. The predicted octanol–water partition coefficient (Wildman–Crippen LogP) is 6.81. The number of carbonyl (C=O) groups excluding carboxylic acids is 2. The highest BCUT2D eigenvalue weighted by Gasteiger charge is 2.30. The number of rotatable bonds is 10. The van der Waals surface area contributed by atoms with Gasteiger partial charge in [-0.2, -0.15) is 0 Å². The Morgan fingerprint density at radius 1 is 0.936 bits per heavy atom. The molecule has 1 aromatic carbocycles. The first-order valence-electron chi connectivity index (χ1n) is 16.4. The zero-order valence-electron chi connectivity index (χ0n) is 28.9. The van der Waals surface area contributed by atoms with Gasteiger partial charge in [0.25, 0.3) is 0 Å². The number of anilines is 1. The van der Waals surface area contributed by atoms with Gasteiger partial charge in [-0.15, -0.1) is 10.2 Å². The van der Waals surface area contributed by atoms with Crippen LogP contribution < -0.4 is 15.4 Å². The summed E-state index contributed by atoms with van der Waals surface area (Å²) in [5, 5.41) is 14.7. The van der Waals surface area contributed by atoms with Gasteiger partial charge in [0.15, 0.2) is 17.3 Å². The van der Waals surface area contributed by atoms with Gasteiger partial charge in [-0.1, -0.05) is 65.8 Å². The summed E-state index contributed by atoms with van der Waals surface area (Å²) >= 11 is 0. The number of ether oxygens (including phenoxy) is 1. The van der Waals surface area contributed by atoms with Crippen LogP contribution in [-0.4, -0.2) is 61.9 Å². The highest BCUT2D eigenvalue weighted by atomic mass is 16.5. The maximum atomic E-state index is 13.4. The molecule has 3 heterocycles. The quantitative estimate of drug-likeness (QED) is 0.143. The first-order valence-corrected chi connectivity index (χ1v) is 16.4. The van der Waals surface area contributed by atoms with Crippen LogP contribution in [0.5, 0.6) is 5.75 Å². The SMILES string of the molecule is CN(C)CCCCC(=O)c1nc(NC(=O)N[C@H]2CC[C@@H](Oc3ccc4nnc(C(C)(C)C)n4c3)c3ccccc32)cc(C(C)(C)C)n1. The number of ketones is 1. The fourth-order valence-electron chi connectivity index (χ4n) is 5.80. The van der Waals surface area contributed by atoms with Crippen LogP contribution >= 0.6 is 0 Å². The zero-order chi connectivity index (χ0) is 33.9. The number of aromatic nitrogens is 5. The minimum Gasteiger partial charge on any atom is -0.484 e. The Balaban J connectivity index is 1.29. The van der Waals surface area contributed by atoms with Gasteiger partial charge < -0.3 is 15.0 Å². The molecular formula is C36H48N8O3. The number of pyridine rings is 1. The number of carbonyl (C=O) groups is 2. The molecule has 250 valence electrons. The molecule has 3 aromatic heterocycles. The lowest BCUT2D eigenvalue weighted by Gasteiger charge is -2.32. The number of hydrogen-bond donors (Lipinski definition) is 2. The summed E-state index contributed by atoms with van der Waals surface area (Å²) in [5.41, 5.74) is 3.01. The molecule has 1 aliphatic rings. The van der Waals surface area contributed by atoms with Gasteiger partial charge in [-0.3, -0.25) is 14.5 Å². The van der Waals surface area contributed by atoms with Crippen LogP contribution in [0.15, 0.2) is 48.7 Å². The maximum absolute atomic E-state index is 13.4. The van der Waals surface area contributed by atoms with E-state index < -0.39 is 0 Å². The first-order chi connectivity index (χ1) is 22.2. The lowest BCUT2D eigenvalue weighted by atomic mass is 9.85. The van der Waals surface area contributed by atoms with E-state index in [9.17, 15) is 9.59 Å². The normalized spacial score (nSPS) is 16.6. The lowest BCUT2D eigenvalue weighted by molar-refractivity contribution is 0.0968. The van der Waals surface area contributed by atoms with Gasteiger partial charge in [0.1, 0.15) is 23.5 Å². The van der Waals surface area contributed by atoms with Crippen molar-refractivity contribution in [3.05, 3.63) is 77.1 Å². The Morgan fingerprint density at radius 3 is 2.38 bits per heavy atom. The molecule has 0 unspecified atom stereocenters. The monoisotopic (exact) mass is 640 g/mol. The molecule has 11 heteroatoms. The Kier molecular flexibility index (Phi) is 9.95. The second kappa shape index (κ2) is 13.8. The van der Waals surface area contributed by atoms with Crippen LogP contribution in [0.3, 0.4) is 0 Å². The molecule has 2 N–H and O–H groups in total. The van der Waals surface area contributed by atoms with Crippen molar-refractivity contribution in [1.29, 1.82) is 0 Å². The highest BCUT2D eigenvalue weighted by Crippen LogP contribution is 2.39. The van der Waals surface area contributed by atoms with Crippen LogP contribution in [0.4, 0.5) is 10.6 Å². The number of amides is 2. The van der Waals surface area contributed by atoms with Gasteiger partial charge in [-0.05, 0) is 69.6 Å². The summed E-state index contributed by atoms with van der Waals surface area (Å²) in [6, 6.07) is 13.0. The summed E-state index contributed by atoms with van der Waals surface area (Å²) in [4.78, 5) is 37.6. The first kappa shape index (κ1) is 34.0. The molecule has 0 fully saturated rings. The number of fused-ring (bicyclic) bond motifs is 2. The van der Waals surface area contributed by atoms with E-state index in [1.807, 2.05) is 75.8 Å². The van der Waals surface area contributed by atoms with Crippen molar-refractivity contribution < 1.29 is 14.3 Å². The molecule has 11 nitrogen and oxygen atoms in total. The summed E-state index contributed by atoms with van der Waals surface area (Å²) in [6.45, 7) is 13.3. The predicted molar refractivity (Wildman–Crippen MR) is 183 cm³/mol. The molecular weight excluding hydrogens is 592 g/mol. The van der Waals surface area contributed by atoms with Crippen LogP contribution in [-0.2, 0) is 10.8 Å². The fourth-order valence-corrected chi connectivity index (χ4v) is 5.80. The van der Waals surface area contributed by atoms with Crippen LogP contribution in [0.1, 0.15) is 119 Å². The van der Waals surface area contributed by atoms with Crippen LogP contribution in [0.2, 0.25) is 0 Å². The van der Waals surface area contributed by atoms with E-state index in [1.54, 1.807) is 6.07 Å². The average molecular weight is 641 g/mol. The van der Waals surface area contributed by atoms with E-state index in [0.29, 0.717) is 30.8 Å². The summed E-state index contributed by atoms with van der Waals surface area (Å²) in [7, 11) is 4.03. The number of nitrogens with zero attached hydrogens (tertiary/aromatic N) is 6. The number of nitrogens with one attached hydrogen (secondary N) is 2. The van der Waals surface area contributed by atoms with Gasteiger partial charge in [0.2, 0.25) is 0 Å². The second-order valence-corrected chi connectivity index (χ2v) is 14.7. The molecule has 2 atom stereocenters. The van der Waals surface area contributed by atoms with Crippen molar-refractivity contribution >= 4 is 23.3 Å². The molecule has 0 spiro atoms. The zero-order valence-corrected chi connectivity index (χ0v) is 28.9. The number of urea groups is 1. The average Bonchev–Trinajstić information content (AvgIpc) is 3.44. The number of unbranched alkanes of at least 4 members (excludes halogenated alkanes) is 1. The third-order valence-corrected chi connectivity index (χ3v) is 8.31. The molecule has 2 amide bonds. The van der Waals surface area contributed by atoms with E-state index in [-0.39, 0.29) is 40.6 Å². The molecule has 0 saturated carbocycles. The molecule has 0 aliphatic heterocycles. The maximum Gasteiger partial charge on any atom is 0.320 e. The largest absolute Gasteiger partial charge is 0.484 e. The van der Waals surface area contributed by atoms with Crippen LogP contribution in [0.25, 0.3) is 5.65 Å². The van der Waals surface area contributed by atoms with Gasteiger partial charge in [0, 0.05) is 23.3 Å². The standard InChI is InChI=1S/C36H48N8O3/c1-35(2,3)29-21-30(39-32(38-29)27(45)15-11-12-20-43(7)8)40-34(46)37-26-17-18-28(25-14-10-9-13-24(25)26)47-23-16-19-31-41-42-33(36(4,5)6)44(31)22-23/h9-10,13-14,16,19,21-22,26,28H,11-12,15,17-18,20H2,1-8H3,(H2,37,38,39,40,46)/t26-,28+/m0/s1. The van der Waals surface area contributed by atoms with Crippen LogP contribution in [0, 0.1) is 0 Å². The Labute approximate surface area is 277 Å². The number of Topliss-reactive ketones (excluding diaryl/α,β-unsaturated/α-hetero) is 1. The Hall–Kier alpha value is -4.38. The van der Waals surface area contributed by atoms with E-state index in [1.165, 1.54) is 0 Å². The third-order valence-electron chi connectivity index (χ3n) is 8.31. The van der Waals surface area contributed by atoms with E-state index in [2.05, 4.69) is 62.5 Å². The minimum absolute atomic E-state index is 0.122. The van der Waals surface area contributed by atoms with E-state index in [0.717, 1.165) is 47.7 Å². The van der Waals surface area contributed by atoms with Crippen molar-refractivity contribution in [1.82, 2.24) is 34.8 Å². The minimum atomic E-state index is -0.389. The molecule has 0 saturated heterocycles.